The van der Waals surface area contributed by atoms with Crippen LogP contribution in [0.2, 0.25) is 0 Å². The first-order valence-electron chi connectivity index (χ1n) is 4.27. The molecule has 3 heteroatoms. The maximum atomic E-state index is 10.2. The lowest BCUT2D eigenvalue weighted by Gasteiger charge is -2.04. The average molecular weight is 187 g/mol. The molecule has 0 aliphatic rings. The Balaban J connectivity index is 2.68. The number of aromatic nitrogens is 1. The number of rotatable bonds is 2. The highest BCUT2D eigenvalue weighted by Crippen LogP contribution is 2.23. The normalized spacial score (nSPS) is 10.1. The molecule has 14 heavy (non-hydrogen) atoms. The van der Waals surface area contributed by atoms with Crippen molar-refractivity contribution in [2.24, 2.45) is 0 Å². The van der Waals surface area contributed by atoms with Crippen LogP contribution in [-0.2, 0) is 4.79 Å². The highest BCUT2D eigenvalue weighted by Gasteiger charge is 2.04. The van der Waals surface area contributed by atoms with E-state index in [4.69, 9.17) is 4.74 Å². The van der Waals surface area contributed by atoms with Crippen LogP contribution in [0.25, 0.3) is 10.8 Å². The molecule has 0 saturated carbocycles. The van der Waals surface area contributed by atoms with E-state index >= 15 is 0 Å². The molecule has 0 spiro atoms. The number of hydrogen-bond acceptors (Lipinski definition) is 3. The quantitative estimate of drug-likeness (QED) is 0.675. The Hall–Kier alpha value is -1.90. The maximum Gasteiger partial charge on any atom is 0.299 e. The van der Waals surface area contributed by atoms with Gasteiger partial charge in [-0.15, -0.1) is 0 Å². The number of hydrogen-bond donors (Lipinski definition) is 0. The van der Waals surface area contributed by atoms with Crippen molar-refractivity contribution in [3.8, 4) is 5.88 Å². The molecule has 2 aromatic rings. The molecule has 70 valence electrons. The predicted molar refractivity (Wildman–Crippen MR) is 53.2 cm³/mol. The van der Waals surface area contributed by atoms with Gasteiger partial charge < -0.3 is 4.74 Å². The van der Waals surface area contributed by atoms with E-state index in [1.807, 2.05) is 31.2 Å². The second-order valence-electron chi connectivity index (χ2n) is 2.99. The number of carbonyl (C=O) groups excluding carboxylic acids is 1. The third-order valence-corrected chi connectivity index (χ3v) is 2.17. The van der Waals surface area contributed by atoms with Gasteiger partial charge >= 0.3 is 0 Å². The summed E-state index contributed by atoms with van der Waals surface area (Å²) in [6, 6.07) is 7.84. The van der Waals surface area contributed by atoms with Gasteiger partial charge in [0, 0.05) is 17.1 Å². The predicted octanol–water partition coefficient (Wildman–Crippen LogP) is 2.08. The van der Waals surface area contributed by atoms with E-state index in [2.05, 4.69) is 4.98 Å². The molecule has 0 fully saturated rings. The number of carbonyl (C=O) groups is 1. The van der Waals surface area contributed by atoms with E-state index < -0.39 is 0 Å². The minimum absolute atomic E-state index is 0.374. The molecular formula is C11H9NO2. The first-order valence-corrected chi connectivity index (χ1v) is 4.27. The minimum Gasteiger partial charge on any atom is -0.409 e. The molecule has 0 radical (unpaired) electrons. The van der Waals surface area contributed by atoms with Crippen molar-refractivity contribution in [3.05, 3.63) is 36.0 Å². The van der Waals surface area contributed by atoms with Crippen molar-refractivity contribution in [2.75, 3.05) is 0 Å². The summed E-state index contributed by atoms with van der Waals surface area (Å²) in [7, 11) is 0. The third kappa shape index (κ3) is 1.33. The Morgan fingerprint density at radius 2 is 2.14 bits per heavy atom. The number of pyridine rings is 1. The summed E-state index contributed by atoms with van der Waals surface area (Å²) >= 11 is 0. The Labute approximate surface area is 81.3 Å². The van der Waals surface area contributed by atoms with E-state index in [1.54, 1.807) is 6.20 Å². The van der Waals surface area contributed by atoms with Crippen molar-refractivity contribution in [1.82, 2.24) is 4.98 Å². The molecule has 0 saturated heterocycles. The monoisotopic (exact) mass is 187 g/mol. The van der Waals surface area contributed by atoms with Crippen molar-refractivity contribution in [1.29, 1.82) is 0 Å². The van der Waals surface area contributed by atoms with Crippen molar-refractivity contribution >= 4 is 17.2 Å². The van der Waals surface area contributed by atoms with Gasteiger partial charge in [0.1, 0.15) is 0 Å². The van der Waals surface area contributed by atoms with Gasteiger partial charge in [-0.2, -0.15) is 0 Å². The van der Waals surface area contributed by atoms with E-state index in [1.165, 1.54) is 0 Å². The first-order chi connectivity index (χ1) is 6.83. The molecule has 0 aliphatic carbocycles. The number of aryl methyl sites for hydroxylation is 1. The van der Waals surface area contributed by atoms with Gasteiger partial charge in [-0.1, -0.05) is 24.3 Å². The molecule has 0 unspecified atom stereocenters. The van der Waals surface area contributed by atoms with Crippen LogP contribution in [0.1, 0.15) is 5.56 Å². The van der Waals surface area contributed by atoms with Gasteiger partial charge in [-0.05, 0) is 12.3 Å². The van der Waals surface area contributed by atoms with Gasteiger partial charge in [0.25, 0.3) is 6.47 Å². The SMILES string of the molecule is Cc1c(OC=O)ncc2ccccc12. The van der Waals surface area contributed by atoms with E-state index in [0.717, 1.165) is 16.3 Å². The lowest BCUT2D eigenvalue weighted by molar-refractivity contribution is -0.120. The van der Waals surface area contributed by atoms with Crippen LogP contribution in [0, 0.1) is 6.92 Å². The summed E-state index contributed by atoms with van der Waals surface area (Å²) in [6.45, 7) is 2.28. The average Bonchev–Trinajstić information content (AvgIpc) is 2.23. The van der Waals surface area contributed by atoms with Gasteiger partial charge in [0.2, 0.25) is 5.88 Å². The molecule has 2 rings (SSSR count). The number of nitrogens with zero attached hydrogens (tertiary/aromatic N) is 1. The fourth-order valence-corrected chi connectivity index (χ4v) is 1.46. The van der Waals surface area contributed by atoms with Crippen LogP contribution in [0.5, 0.6) is 5.88 Å². The maximum absolute atomic E-state index is 10.2. The largest absolute Gasteiger partial charge is 0.409 e. The molecule has 0 atom stereocenters. The van der Waals surface area contributed by atoms with Gasteiger partial charge in [-0.3, -0.25) is 4.79 Å². The summed E-state index contributed by atoms with van der Waals surface area (Å²) in [5, 5.41) is 2.10. The standard InChI is InChI=1S/C11H9NO2/c1-8-10-5-3-2-4-9(10)6-12-11(8)14-7-13/h2-7H,1H3. The third-order valence-electron chi connectivity index (χ3n) is 2.17. The van der Waals surface area contributed by atoms with E-state index in [9.17, 15) is 4.79 Å². The molecule has 1 heterocycles. The zero-order chi connectivity index (χ0) is 9.97. The lowest BCUT2D eigenvalue weighted by Crippen LogP contribution is -1.95. The molecule has 1 aromatic carbocycles. The molecule has 0 amide bonds. The van der Waals surface area contributed by atoms with Crippen LogP contribution in [0.15, 0.2) is 30.5 Å². The van der Waals surface area contributed by atoms with E-state index in [0.29, 0.717) is 12.4 Å². The fourth-order valence-electron chi connectivity index (χ4n) is 1.46. The van der Waals surface area contributed by atoms with Crippen molar-refractivity contribution < 1.29 is 9.53 Å². The van der Waals surface area contributed by atoms with Crippen LogP contribution in [0.4, 0.5) is 0 Å². The Kier molecular flexibility index (Phi) is 2.14. The van der Waals surface area contributed by atoms with Gasteiger partial charge in [0.05, 0.1) is 0 Å². The highest BCUT2D eigenvalue weighted by molar-refractivity contribution is 5.86. The van der Waals surface area contributed by atoms with Crippen LogP contribution in [-0.4, -0.2) is 11.5 Å². The lowest BCUT2D eigenvalue weighted by atomic mass is 10.1. The topological polar surface area (TPSA) is 39.2 Å². The fraction of sp³-hybridized carbons (Fsp3) is 0.0909. The zero-order valence-electron chi connectivity index (χ0n) is 7.73. The number of ether oxygens (including phenoxy) is 1. The number of benzene rings is 1. The molecule has 1 aromatic heterocycles. The van der Waals surface area contributed by atoms with Crippen LogP contribution >= 0.6 is 0 Å². The number of fused-ring (bicyclic) bond motifs is 1. The zero-order valence-corrected chi connectivity index (χ0v) is 7.73. The molecule has 0 bridgehead atoms. The molecule has 0 N–H and O–H groups in total. The van der Waals surface area contributed by atoms with Crippen LogP contribution < -0.4 is 4.74 Å². The van der Waals surface area contributed by atoms with E-state index in [-0.39, 0.29) is 0 Å². The molecule has 0 aliphatic heterocycles. The van der Waals surface area contributed by atoms with Gasteiger partial charge in [-0.25, -0.2) is 4.98 Å². The second kappa shape index (κ2) is 3.46. The highest BCUT2D eigenvalue weighted by atomic mass is 16.5. The summed E-state index contributed by atoms with van der Waals surface area (Å²) < 4.78 is 4.75. The Bertz CT molecular complexity index is 480. The van der Waals surface area contributed by atoms with Gasteiger partial charge in [0.15, 0.2) is 0 Å². The van der Waals surface area contributed by atoms with Crippen LogP contribution in [0.3, 0.4) is 0 Å². The minimum atomic E-state index is 0.374. The first kappa shape index (κ1) is 8.69. The summed E-state index contributed by atoms with van der Waals surface area (Å²) in [5.74, 6) is 0.374. The molecular weight excluding hydrogens is 178 g/mol. The smallest absolute Gasteiger partial charge is 0.299 e. The second-order valence-corrected chi connectivity index (χ2v) is 2.99. The van der Waals surface area contributed by atoms with Crippen molar-refractivity contribution in [2.45, 2.75) is 6.92 Å². The molecule has 3 nitrogen and oxygen atoms in total. The summed E-state index contributed by atoms with van der Waals surface area (Å²) in [6.07, 6.45) is 1.70. The Morgan fingerprint density at radius 3 is 2.93 bits per heavy atom. The van der Waals surface area contributed by atoms with Crippen molar-refractivity contribution in [3.63, 3.8) is 0 Å². The summed E-state index contributed by atoms with van der Waals surface area (Å²) in [4.78, 5) is 14.2. The summed E-state index contributed by atoms with van der Waals surface area (Å²) in [5.41, 5.74) is 0.884. The Morgan fingerprint density at radius 1 is 1.36 bits per heavy atom.